The molecule has 1 amide bonds. The van der Waals surface area contributed by atoms with Gasteiger partial charge in [-0.05, 0) is 24.3 Å². The number of carbonyl (C=O) groups is 1. The van der Waals surface area contributed by atoms with Crippen molar-refractivity contribution in [1.82, 2.24) is 0 Å². The molecule has 0 saturated carbocycles. The van der Waals surface area contributed by atoms with Gasteiger partial charge in [0.1, 0.15) is 0 Å². The zero-order valence-corrected chi connectivity index (χ0v) is 12.0. The van der Waals surface area contributed by atoms with Gasteiger partial charge in [0.25, 0.3) is 0 Å². The zero-order valence-electron chi connectivity index (χ0n) is 11.2. The number of hydrogen-bond donors (Lipinski definition) is 0. The molecule has 3 nitrogen and oxygen atoms in total. The number of nitrogens with zero attached hydrogens (tertiary/aromatic N) is 2. The number of para-hydroxylation sites is 1. The summed E-state index contributed by atoms with van der Waals surface area (Å²) in [5.74, 6) is 0.0647. The van der Waals surface area contributed by atoms with Crippen LogP contribution in [0.3, 0.4) is 0 Å². The number of halogens is 1. The molecule has 0 saturated heterocycles. The van der Waals surface area contributed by atoms with Crippen molar-refractivity contribution in [1.29, 1.82) is 0 Å². The molecule has 0 N–H and O–H groups in total. The lowest BCUT2D eigenvalue weighted by Gasteiger charge is -2.22. The molecule has 4 heteroatoms. The van der Waals surface area contributed by atoms with Crippen molar-refractivity contribution in [3.05, 3.63) is 59.1 Å². The van der Waals surface area contributed by atoms with Crippen LogP contribution in [0.5, 0.6) is 0 Å². The summed E-state index contributed by atoms with van der Waals surface area (Å²) in [6, 6.07) is 15.6. The van der Waals surface area contributed by atoms with E-state index >= 15 is 0 Å². The van der Waals surface area contributed by atoms with Crippen molar-refractivity contribution in [2.45, 2.75) is 6.54 Å². The predicted molar refractivity (Wildman–Crippen MR) is 82.4 cm³/mol. The van der Waals surface area contributed by atoms with Crippen molar-refractivity contribution in [2.24, 2.45) is 0 Å². The Kier molecular flexibility index (Phi) is 3.36. The molecular formula is C16H15ClN2O. The number of carbonyl (C=O) groups excluding carboxylic acids is 1. The number of hydrogen-bond acceptors (Lipinski definition) is 2. The largest absolute Gasteiger partial charge is 0.358 e. The molecule has 0 fully saturated rings. The Morgan fingerprint density at radius 3 is 2.50 bits per heavy atom. The van der Waals surface area contributed by atoms with Gasteiger partial charge < -0.3 is 9.80 Å². The number of amides is 1. The van der Waals surface area contributed by atoms with Gasteiger partial charge in [0, 0.05) is 35.6 Å². The second-order valence-electron chi connectivity index (χ2n) is 4.88. The summed E-state index contributed by atoms with van der Waals surface area (Å²) in [6.45, 7) is 0.987. The summed E-state index contributed by atoms with van der Waals surface area (Å²) in [5, 5.41) is 0.699. The minimum Gasteiger partial charge on any atom is -0.358 e. The van der Waals surface area contributed by atoms with E-state index in [0.717, 1.165) is 16.9 Å². The Hall–Kier alpha value is -2.00. The Balaban J connectivity index is 2.07. The highest BCUT2D eigenvalue weighted by molar-refractivity contribution is 6.32. The lowest BCUT2D eigenvalue weighted by atomic mass is 10.1. The van der Waals surface area contributed by atoms with E-state index in [4.69, 9.17) is 11.6 Å². The van der Waals surface area contributed by atoms with E-state index in [1.165, 1.54) is 0 Å². The van der Waals surface area contributed by atoms with Gasteiger partial charge in [0.2, 0.25) is 5.91 Å². The zero-order chi connectivity index (χ0) is 14.1. The Bertz CT molecular complexity index is 642. The van der Waals surface area contributed by atoms with Crippen LogP contribution in [0.2, 0.25) is 5.02 Å². The Morgan fingerprint density at radius 2 is 1.75 bits per heavy atom. The summed E-state index contributed by atoms with van der Waals surface area (Å²) in [6.07, 6.45) is 0. The maximum atomic E-state index is 12.3. The highest BCUT2D eigenvalue weighted by Crippen LogP contribution is 2.32. The van der Waals surface area contributed by atoms with Crippen molar-refractivity contribution >= 4 is 28.9 Å². The monoisotopic (exact) mass is 286 g/mol. The SMILES string of the molecule is CN1C(=O)CN(c2ccccc2)Cc2c(Cl)cccc21. The normalized spacial score (nSPS) is 15.0. The predicted octanol–water partition coefficient (Wildman–Crippen LogP) is 3.32. The molecule has 0 unspecified atom stereocenters. The Morgan fingerprint density at radius 1 is 1.00 bits per heavy atom. The molecule has 102 valence electrons. The molecular weight excluding hydrogens is 272 g/mol. The molecule has 0 radical (unpaired) electrons. The average molecular weight is 287 g/mol. The number of rotatable bonds is 1. The number of anilines is 2. The van der Waals surface area contributed by atoms with E-state index in [-0.39, 0.29) is 5.91 Å². The van der Waals surface area contributed by atoms with Crippen molar-refractivity contribution < 1.29 is 4.79 Å². The maximum Gasteiger partial charge on any atom is 0.246 e. The fourth-order valence-corrected chi connectivity index (χ4v) is 2.72. The van der Waals surface area contributed by atoms with E-state index in [1.807, 2.05) is 48.5 Å². The molecule has 1 heterocycles. The third-order valence-corrected chi connectivity index (χ3v) is 3.98. The van der Waals surface area contributed by atoms with E-state index in [2.05, 4.69) is 4.90 Å². The summed E-state index contributed by atoms with van der Waals surface area (Å²) in [4.78, 5) is 16.0. The molecule has 20 heavy (non-hydrogen) atoms. The first kappa shape index (κ1) is 13.0. The molecule has 0 spiro atoms. The molecule has 1 aliphatic heterocycles. The van der Waals surface area contributed by atoms with E-state index < -0.39 is 0 Å². The van der Waals surface area contributed by atoms with Crippen LogP contribution in [-0.2, 0) is 11.3 Å². The second-order valence-corrected chi connectivity index (χ2v) is 5.29. The quantitative estimate of drug-likeness (QED) is 0.803. The third kappa shape index (κ3) is 2.25. The molecule has 0 aromatic heterocycles. The van der Waals surface area contributed by atoms with Gasteiger partial charge in [-0.25, -0.2) is 0 Å². The first-order valence-corrected chi connectivity index (χ1v) is 6.88. The van der Waals surface area contributed by atoms with Gasteiger partial charge in [-0.3, -0.25) is 4.79 Å². The van der Waals surface area contributed by atoms with Crippen LogP contribution in [0.4, 0.5) is 11.4 Å². The maximum absolute atomic E-state index is 12.3. The van der Waals surface area contributed by atoms with Crippen molar-refractivity contribution in [3.8, 4) is 0 Å². The summed E-state index contributed by atoms with van der Waals surface area (Å²) in [7, 11) is 1.80. The van der Waals surface area contributed by atoms with Crippen LogP contribution < -0.4 is 9.80 Å². The van der Waals surface area contributed by atoms with E-state index in [0.29, 0.717) is 18.1 Å². The minimum absolute atomic E-state index is 0.0647. The van der Waals surface area contributed by atoms with Crippen LogP contribution in [0, 0.1) is 0 Å². The highest BCUT2D eigenvalue weighted by atomic mass is 35.5. The summed E-state index contributed by atoms with van der Waals surface area (Å²) >= 11 is 6.32. The van der Waals surface area contributed by atoms with E-state index in [1.54, 1.807) is 11.9 Å². The van der Waals surface area contributed by atoms with Gasteiger partial charge in [0.05, 0.1) is 6.54 Å². The lowest BCUT2D eigenvalue weighted by molar-refractivity contribution is -0.117. The van der Waals surface area contributed by atoms with Crippen LogP contribution in [0.25, 0.3) is 0 Å². The number of benzene rings is 2. The highest BCUT2D eigenvalue weighted by Gasteiger charge is 2.25. The molecule has 0 bridgehead atoms. The molecule has 3 rings (SSSR count). The summed E-state index contributed by atoms with van der Waals surface area (Å²) < 4.78 is 0. The summed E-state index contributed by atoms with van der Waals surface area (Å²) in [5.41, 5.74) is 2.91. The Labute approximate surface area is 123 Å². The average Bonchev–Trinajstić information content (AvgIpc) is 2.60. The van der Waals surface area contributed by atoms with Gasteiger partial charge in [0.15, 0.2) is 0 Å². The van der Waals surface area contributed by atoms with Gasteiger partial charge >= 0.3 is 0 Å². The third-order valence-electron chi connectivity index (χ3n) is 3.63. The molecule has 0 atom stereocenters. The van der Waals surface area contributed by atoms with Gasteiger partial charge in [-0.15, -0.1) is 0 Å². The first-order valence-electron chi connectivity index (χ1n) is 6.51. The van der Waals surface area contributed by atoms with Crippen LogP contribution >= 0.6 is 11.6 Å². The fourth-order valence-electron chi connectivity index (χ4n) is 2.49. The van der Waals surface area contributed by atoms with Gasteiger partial charge in [-0.2, -0.15) is 0 Å². The second kappa shape index (κ2) is 5.17. The fraction of sp³-hybridized carbons (Fsp3) is 0.188. The number of likely N-dealkylation sites (N-methyl/N-ethyl adjacent to an activating group) is 1. The van der Waals surface area contributed by atoms with Crippen LogP contribution in [0.15, 0.2) is 48.5 Å². The molecule has 1 aliphatic rings. The standard InChI is InChI=1S/C16H15ClN2O/c1-18-15-9-5-8-14(17)13(15)10-19(11-16(18)20)12-6-3-2-4-7-12/h2-9H,10-11H2,1H3. The van der Waals surface area contributed by atoms with Crippen LogP contribution in [-0.4, -0.2) is 19.5 Å². The molecule has 2 aromatic rings. The molecule has 0 aliphatic carbocycles. The molecule has 2 aromatic carbocycles. The minimum atomic E-state index is 0.0647. The van der Waals surface area contributed by atoms with Crippen LogP contribution in [0.1, 0.15) is 5.56 Å². The first-order chi connectivity index (χ1) is 9.66. The lowest BCUT2D eigenvalue weighted by Crippen LogP contribution is -2.34. The van der Waals surface area contributed by atoms with Crippen molar-refractivity contribution in [2.75, 3.05) is 23.4 Å². The van der Waals surface area contributed by atoms with E-state index in [9.17, 15) is 4.79 Å². The smallest absolute Gasteiger partial charge is 0.246 e. The van der Waals surface area contributed by atoms with Crippen molar-refractivity contribution in [3.63, 3.8) is 0 Å². The topological polar surface area (TPSA) is 23.6 Å². The number of fused-ring (bicyclic) bond motifs is 1. The van der Waals surface area contributed by atoms with Gasteiger partial charge in [-0.1, -0.05) is 35.9 Å².